The molecule has 0 saturated carbocycles. The van der Waals surface area contributed by atoms with Crippen LogP contribution in [0.5, 0.6) is 0 Å². The highest BCUT2D eigenvalue weighted by Gasteiger charge is 2.19. The number of unbranched alkanes of at least 4 members (excludes halogenated alkanes) is 52. The average Bonchev–Trinajstić information content (AvgIpc) is 3.45. The van der Waals surface area contributed by atoms with Gasteiger partial charge in [0.2, 0.25) is 0 Å². The Morgan fingerprint density at radius 2 is 0.456 bits per heavy atom. The van der Waals surface area contributed by atoms with E-state index in [0.29, 0.717) is 19.3 Å². The zero-order chi connectivity index (χ0) is 57.1. The van der Waals surface area contributed by atoms with E-state index in [4.69, 9.17) is 14.2 Å². The molecule has 0 aromatic rings. The molecule has 0 spiro atoms. The molecular formula is C73H138O6. The number of ether oxygens (including phenoxy) is 3. The van der Waals surface area contributed by atoms with Crippen molar-refractivity contribution in [3.05, 3.63) is 24.3 Å². The van der Waals surface area contributed by atoms with Gasteiger partial charge in [0.15, 0.2) is 6.10 Å². The highest BCUT2D eigenvalue weighted by molar-refractivity contribution is 5.71. The first-order chi connectivity index (χ1) is 39.0. The van der Waals surface area contributed by atoms with Crippen LogP contribution in [0.15, 0.2) is 24.3 Å². The monoisotopic (exact) mass is 1110 g/mol. The molecule has 1 atom stereocenters. The summed E-state index contributed by atoms with van der Waals surface area (Å²) in [5, 5.41) is 0. The third kappa shape index (κ3) is 66.6. The summed E-state index contributed by atoms with van der Waals surface area (Å²) in [5.41, 5.74) is 0. The lowest BCUT2D eigenvalue weighted by Gasteiger charge is -2.18. The molecule has 0 aliphatic carbocycles. The topological polar surface area (TPSA) is 78.9 Å². The number of carbonyl (C=O) groups excluding carboxylic acids is 3. The summed E-state index contributed by atoms with van der Waals surface area (Å²) in [6.45, 7) is 6.67. The highest BCUT2D eigenvalue weighted by atomic mass is 16.6. The summed E-state index contributed by atoms with van der Waals surface area (Å²) < 4.78 is 16.9. The van der Waals surface area contributed by atoms with E-state index in [0.717, 1.165) is 64.2 Å². The van der Waals surface area contributed by atoms with E-state index in [2.05, 4.69) is 45.1 Å². The van der Waals surface area contributed by atoms with Crippen molar-refractivity contribution in [2.45, 2.75) is 412 Å². The van der Waals surface area contributed by atoms with Crippen LogP contribution in [0.2, 0.25) is 0 Å². The molecule has 0 rings (SSSR count). The number of esters is 3. The fourth-order valence-corrected chi connectivity index (χ4v) is 11.1. The molecule has 0 bridgehead atoms. The van der Waals surface area contributed by atoms with E-state index in [1.165, 1.54) is 302 Å². The van der Waals surface area contributed by atoms with Gasteiger partial charge in [-0.3, -0.25) is 14.4 Å². The normalized spacial score (nSPS) is 12.1. The Morgan fingerprint density at radius 3 is 0.722 bits per heavy atom. The third-order valence-corrected chi connectivity index (χ3v) is 16.5. The fourth-order valence-electron chi connectivity index (χ4n) is 11.1. The predicted octanol–water partition coefficient (Wildman–Crippen LogP) is 24.6. The molecule has 0 radical (unpaired) electrons. The van der Waals surface area contributed by atoms with Gasteiger partial charge in [-0.15, -0.1) is 0 Å². The van der Waals surface area contributed by atoms with Crippen molar-refractivity contribution >= 4 is 17.9 Å². The summed E-state index contributed by atoms with van der Waals surface area (Å²) in [5.74, 6) is -0.846. The van der Waals surface area contributed by atoms with Crippen molar-refractivity contribution in [1.29, 1.82) is 0 Å². The molecule has 6 heteroatoms. The Kier molecular flexibility index (Phi) is 66.6. The van der Waals surface area contributed by atoms with E-state index >= 15 is 0 Å². The van der Waals surface area contributed by atoms with Crippen LogP contribution in [0.4, 0.5) is 0 Å². The molecule has 1 unspecified atom stereocenters. The molecule has 0 aliphatic heterocycles. The van der Waals surface area contributed by atoms with E-state index < -0.39 is 6.10 Å². The lowest BCUT2D eigenvalue weighted by atomic mass is 10.0. The maximum absolute atomic E-state index is 12.9. The molecule has 0 N–H and O–H groups in total. The van der Waals surface area contributed by atoms with Gasteiger partial charge in [0.05, 0.1) is 0 Å². The summed E-state index contributed by atoms with van der Waals surface area (Å²) >= 11 is 0. The zero-order valence-electron chi connectivity index (χ0n) is 53.7. The average molecular weight is 1110 g/mol. The number of allylic oxidation sites excluding steroid dienone is 4. The smallest absolute Gasteiger partial charge is 0.306 e. The van der Waals surface area contributed by atoms with Gasteiger partial charge in [0.25, 0.3) is 0 Å². The Balaban J connectivity index is 4.01. The second-order valence-electron chi connectivity index (χ2n) is 24.5. The minimum atomic E-state index is -0.769. The molecule has 0 aliphatic rings. The van der Waals surface area contributed by atoms with Crippen LogP contribution in [0.25, 0.3) is 0 Å². The summed E-state index contributed by atoms with van der Waals surface area (Å²) in [6, 6.07) is 0. The van der Waals surface area contributed by atoms with E-state index in [-0.39, 0.29) is 31.1 Å². The van der Waals surface area contributed by atoms with Crippen molar-refractivity contribution in [3.63, 3.8) is 0 Å². The van der Waals surface area contributed by atoms with E-state index in [1.807, 2.05) is 0 Å². The van der Waals surface area contributed by atoms with Gasteiger partial charge >= 0.3 is 17.9 Å². The Hall–Kier alpha value is -2.11. The summed E-state index contributed by atoms with van der Waals surface area (Å²) in [4.78, 5) is 38.2. The quantitative estimate of drug-likeness (QED) is 0.0261. The van der Waals surface area contributed by atoms with Crippen molar-refractivity contribution < 1.29 is 28.6 Å². The zero-order valence-corrected chi connectivity index (χ0v) is 53.7. The minimum absolute atomic E-state index is 0.0671. The van der Waals surface area contributed by atoms with Gasteiger partial charge in [0, 0.05) is 19.3 Å². The first-order valence-corrected chi connectivity index (χ1v) is 35.8. The summed E-state index contributed by atoms with van der Waals surface area (Å²) in [7, 11) is 0. The van der Waals surface area contributed by atoms with Crippen LogP contribution in [0.1, 0.15) is 406 Å². The second kappa shape index (κ2) is 68.4. The molecule has 0 fully saturated rings. The first kappa shape index (κ1) is 76.9. The molecular weight excluding hydrogens is 973 g/mol. The SMILES string of the molecule is CCCCC/C=C\C/C=C\CCCCCCCCCCCC(=O)OC(COC(=O)CCCCCCCCCCC)COC(=O)CCCCCCCCCCCCCCCCCCCCCCCCCCCCCCCCCCC. The van der Waals surface area contributed by atoms with Gasteiger partial charge in [-0.05, 0) is 51.4 Å². The van der Waals surface area contributed by atoms with Crippen molar-refractivity contribution in [2.24, 2.45) is 0 Å². The number of rotatable bonds is 67. The van der Waals surface area contributed by atoms with E-state index in [1.54, 1.807) is 0 Å². The van der Waals surface area contributed by atoms with Gasteiger partial charge in [-0.2, -0.15) is 0 Å². The van der Waals surface area contributed by atoms with E-state index in [9.17, 15) is 14.4 Å². The Bertz CT molecular complexity index is 1270. The standard InChI is InChI=1S/C73H138O6/c1-4-7-10-13-16-19-21-23-25-27-29-30-31-32-33-34-35-36-37-38-39-40-41-42-44-45-47-49-51-54-57-60-63-66-72(75)78-69-70(68-77-71(74)65-62-59-56-53-18-15-12-9-6-3)79-73(76)67-64-61-58-55-52-50-48-46-43-28-26-24-22-20-17-14-11-8-5-2/h17,20,24,26,70H,4-16,18-19,21-23,25,27-69H2,1-3H3/b20-17-,26-24-. The van der Waals surface area contributed by atoms with Crippen LogP contribution in [-0.4, -0.2) is 37.2 Å². The second-order valence-corrected chi connectivity index (χ2v) is 24.5. The number of carbonyl (C=O) groups is 3. The van der Waals surface area contributed by atoms with Gasteiger partial charge < -0.3 is 14.2 Å². The molecule has 79 heavy (non-hydrogen) atoms. The lowest BCUT2D eigenvalue weighted by Crippen LogP contribution is -2.30. The maximum Gasteiger partial charge on any atom is 0.306 e. The molecule has 0 saturated heterocycles. The molecule has 466 valence electrons. The van der Waals surface area contributed by atoms with Crippen LogP contribution in [-0.2, 0) is 28.6 Å². The largest absolute Gasteiger partial charge is 0.462 e. The number of hydrogen-bond acceptors (Lipinski definition) is 6. The van der Waals surface area contributed by atoms with Gasteiger partial charge in [-0.1, -0.05) is 360 Å². The Morgan fingerprint density at radius 1 is 0.253 bits per heavy atom. The molecule has 0 amide bonds. The first-order valence-electron chi connectivity index (χ1n) is 35.8. The van der Waals surface area contributed by atoms with Crippen molar-refractivity contribution in [3.8, 4) is 0 Å². The lowest BCUT2D eigenvalue weighted by molar-refractivity contribution is -0.167. The van der Waals surface area contributed by atoms with Gasteiger partial charge in [-0.25, -0.2) is 0 Å². The molecule has 6 nitrogen and oxygen atoms in total. The number of hydrogen-bond donors (Lipinski definition) is 0. The highest BCUT2D eigenvalue weighted by Crippen LogP contribution is 2.19. The predicted molar refractivity (Wildman–Crippen MR) is 344 cm³/mol. The molecule has 0 aromatic heterocycles. The Labute approximate surface area is 493 Å². The summed E-state index contributed by atoms with van der Waals surface area (Å²) in [6.07, 6.45) is 83.8. The molecule has 0 aromatic carbocycles. The maximum atomic E-state index is 12.9. The van der Waals surface area contributed by atoms with Crippen molar-refractivity contribution in [1.82, 2.24) is 0 Å². The van der Waals surface area contributed by atoms with Crippen LogP contribution in [0, 0.1) is 0 Å². The van der Waals surface area contributed by atoms with Gasteiger partial charge in [0.1, 0.15) is 13.2 Å². The molecule has 0 heterocycles. The van der Waals surface area contributed by atoms with Crippen LogP contribution < -0.4 is 0 Å². The van der Waals surface area contributed by atoms with Crippen molar-refractivity contribution in [2.75, 3.05) is 13.2 Å². The van der Waals surface area contributed by atoms with Crippen LogP contribution >= 0.6 is 0 Å². The third-order valence-electron chi connectivity index (χ3n) is 16.5. The van der Waals surface area contributed by atoms with Crippen LogP contribution in [0.3, 0.4) is 0 Å². The fraction of sp³-hybridized carbons (Fsp3) is 0.904. The minimum Gasteiger partial charge on any atom is -0.462 e.